The number of benzene rings is 2. The van der Waals surface area contributed by atoms with Gasteiger partial charge >= 0.3 is 12.2 Å². The number of anilines is 1. The summed E-state index contributed by atoms with van der Waals surface area (Å²) < 4.78 is 69.8. The maximum atomic E-state index is 14.6. The topological polar surface area (TPSA) is 193 Å². The summed E-state index contributed by atoms with van der Waals surface area (Å²) in [5.74, 6) is -4.34. The first-order valence-corrected chi connectivity index (χ1v) is 21.8. The van der Waals surface area contributed by atoms with Gasteiger partial charge in [0.25, 0.3) is 15.9 Å². The molecular formula is C41H50F2N6O9S. The maximum Gasteiger partial charge on any atom is 0.410 e. The number of rotatable bonds is 4. The number of halogens is 2. The maximum absolute atomic E-state index is 14.6. The van der Waals surface area contributed by atoms with E-state index >= 15 is 0 Å². The smallest absolute Gasteiger partial charge is 0.410 e. The molecule has 15 nitrogen and oxygen atoms in total. The van der Waals surface area contributed by atoms with E-state index in [2.05, 4.69) is 27.3 Å². The average molecular weight is 841 g/mol. The van der Waals surface area contributed by atoms with E-state index in [1.54, 1.807) is 12.1 Å². The van der Waals surface area contributed by atoms with Crippen LogP contribution in [0.25, 0.3) is 0 Å². The molecule has 5 atom stereocenters. The monoisotopic (exact) mass is 840 g/mol. The quantitative estimate of drug-likeness (QED) is 0.313. The van der Waals surface area contributed by atoms with Crippen LogP contribution in [-0.4, -0.2) is 91.0 Å². The number of ether oxygens (including phenoxy) is 2. The Morgan fingerprint density at radius 2 is 1.68 bits per heavy atom. The van der Waals surface area contributed by atoms with Crippen LogP contribution in [0.2, 0.25) is 0 Å². The molecule has 0 unspecified atom stereocenters. The summed E-state index contributed by atoms with van der Waals surface area (Å²) in [6.07, 6.45) is 5.02. The molecule has 3 fully saturated rings. The molecular weight excluding hydrogens is 791 g/mol. The van der Waals surface area contributed by atoms with E-state index in [1.807, 2.05) is 0 Å². The van der Waals surface area contributed by atoms with Crippen molar-refractivity contribution in [2.24, 2.45) is 5.92 Å². The largest absolute Gasteiger partial charge is 0.446 e. The lowest BCUT2D eigenvalue weighted by atomic mass is 10.0. The molecule has 5 aliphatic rings. The lowest BCUT2D eigenvalue weighted by Crippen LogP contribution is -2.58. The summed E-state index contributed by atoms with van der Waals surface area (Å²) in [7, 11) is -4.60. The van der Waals surface area contributed by atoms with Gasteiger partial charge in [-0.1, -0.05) is 43.9 Å². The van der Waals surface area contributed by atoms with Crippen molar-refractivity contribution < 1.29 is 50.6 Å². The molecule has 1 spiro atoms. The van der Waals surface area contributed by atoms with Crippen molar-refractivity contribution in [1.29, 1.82) is 0 Å². The molecule has 2 saturated carbocycles. The van der Waals surface area contributed by atoms with Crippen LogP contribution in [-0.2, 0) is 47.0 Å². The van der Waals surface area contributed by atoms with E-state index in [-0.39, 0.29) is 55.6 Å². The second kappa shape index (κ2) is 17.5. The van der Waals surface area contributed by atoms with Gasteiger partial charge in [0, 0.05) is 31.0 Å². The van der Waals surface area contributed by atoms with Crippen LogP contribution in [0, 0.1) is 17.6 Å². The van der Waals surface area contributed by atoms with Gasteiger partial charge in [0.1, 0.15) is 46.4 Å². The summed E-state index contributed by atoms with van der Waals surface area (Å²) in [6.45, 7) is 3.87. The minimum atomic E-state index is -4.60. The van der Waals surface area contributed by atoms with E-state index in [0.29, 0.717) is 56.2 Å². The number of nitrogens with one attached hydrogen (secondary N) is 4. The van der Waals surface area contributed by atoms with Gasteiger partial charge in [0.05, 0.1) is 18.8 Å². The lowest BCUT2D eigenvalue weighted by Gasteiger charge is -2.30. The van der Waals surface area contributed by atoms with Gasteiger partial charge in [-0.05, 0) is 74.8 Å². The predicted molar refractivity (Wildman–Crippen MR) is 209 cm³/mol. The van der Waals surface area contributed by atoms with Crippen molar-refractivity contribution in [3.8, 4) is 0 Å². The molecule has 0 radical (unpaired) electrons. The Bertz CT molecular complexity index is 2100. The van der Waals surface area contributed by atoms with Gasteiger partial charge in [-0.3, -0.25) is 19.3 Å². The number of nitrogens with zero attached hydrogens (tertiary/aromatic N) is 2. The van der Waals surface area contributed by atoms with Crippen molar-refractivity contribution in [3.05, 3.63) is 71.8 Å². The molecule has 2 aromatic carbocycles. The van der Waals surface area contributed by atoms with Crippen molar-refractivity contribution in [2.45, 2.75) is 125 Å². The highest BCUT2D eigenvalue weighted by atomic mass is 32.2. The number of carbonyl (C=O) groups excluding carboxylic acids is 5. The zero-order chi connectivity index (χ0) is 41.9. The Hall–Kier alpha value is -5.26. The molecule has 3 heterocycles. The second-order valence-electron chi connectivity index (χ2n) is 16.1. The van der Waals surface area contributed by atoms with E-state index in [0.717, 1.165) is 37.5 Å². The van der Waals surface area contributed by atoms with E-state index in [4.69, 9.17) is 9.47 Å². The van der Waals surface area contributed by atoms with Crippen molar-refractivity contribution in [2.75, 3.05) is 18.4 Å². The normalized spacial score (nSPS) is 27.7. The molecule has 7 rings (SSSR count). The highest BCUT2D eigenvalue weighted by Crippen LogP contribution is 2.45. The molecule has 4 N–H and O–H groups in total. The van der Waals surface area contributed by atoms with E-state index in [9.17, 15) is 41.2 Å². The number of sulfonamides is 1. The molecule has 2 aliphatic carbocycles. The fourth-order valence-corrected chi connectivity index (χ4v) is 9.80. The second-order valence-corrected chi connectivity index (χ2v) is 17.7. The van der Waals surface area contributed by atoms with Gasteiger partial charge < -0.3 is 30.3 Å². The molecule has 3 aliphatic heterocycles. The van der Waals surface area contributed by atoms with Gasteiger partial charge in [-0.25, -0.2) is 31.5 Å². The fraction of sp³-hybridized carbons (Fsp3) is 0.537. The third-order valence-corrected chi connectivity index (χ3v) is 13.3. The minimum absolute atomic E-state index is 0.0134. The van der Waals surface area contributed by atoms with Crippen LogP contribution in [0.3, 0.4) is 0 Å². The third kappa shape index (κ3) is 9.31. The Balaban J connectivity index is 1.16. The first-order chi connectivity index (χ1) is 28.3. The van der Waals surface area contributed by atoms with Crippen LogP contribution in [0.5, 0.6) is 0 Å². The summed E-state index contributed by atoms with van der Waals surface area (Å²) in [6, 6.07) is 5.18. The third-order valence-electron chi connectivity index (χ3n) is 12.0. The number of amides is 5. The Morgan fingerprint density at radius 1 is 0.932 bits per heavy atom. The van der Waals surface area contributed by atoms with Gasteiger partial charge in [-0.15, -0.1) is 6.58 Å². The van der Waals surface area contributed by atoms with E-state index < -0.39 is 81.2 Å². The Labute approximate surface area is 341 Å². The SMILES string of the molecule is C=C[C@@H]1C[C@@]12NC(=O)[C@@H]1C[C@@H](OC(=O)N3Cc4cccc(F)c4C3)CN1C(=O)[C@@H](NC(=O)OC1CCCC1)CCCCCCCNc1cc(F)ccc1S(=O)(=O)NC2=O. The Kier molecular flexibility index (Phi) is 12.4. The lowest BCUT2D eigenvalue weighted by molar-refractivity contribution is -0.141. The summed E-state index contributed by atoms with van der Waals surface area (Å²) in [5.41, 5.74) is -0.821. The van der Waals surface area contributed by atoms with Crippen LogP contribution in [0.1, 0.15) is 88.2 Å². The van der Waals surface area contributed by atoms with Crippen LogP contribution < -0.4 is 20.7 Å². The number of hydrogen-bond acceptors (Lipinski definition) is 10. The van der Waals surface area contributed by atoms with Gasteiger partial charge in [0.2, 0.25) is 11.8 Å². The minimum Gasteiger partial charge on any atom is -0.446 e. The van der Waals surface area contributed by atoms with Crippen LogP contribution in [0.15, 0.2) is 53.9 Å². The van der Waals surface area contributed by atoms with Crippen LogP contribution >= 0.6 is 0 Å². The van der Waals surface area contributed by atoms with Gasteiger partial charge in [-0.2, -0.15) is 0 Å². The molecule has 0 aromatic heterocycles. The first-order valence-electron chi connectivity index (χ1n) is 20.3. The number of carbonyl (C=O) groups is 5. The number of fused-ring (bicyclic) bond motifs is 3. The number of alkyl carbamates (subject to hydrolysis) is 1. The molecule has 1 saturated heterocycles. The van der Waals surface area contributed by atoms with Crippen molar-refractivity contribution in [1.82, 2.24) is 25.2 Å². The standard InChI is InChI=1S/C41H50F2N6O9S/c1-2-26-21-41(26)38(52)47-59(55,56)35-17-16-27(42)19-33(35)44-18-9-5-3-4-6-15-32(45-39(53)57-28-12-7-8-13-28)37(51)49-23-29(20-34(49)36(50)46-41)58-40(54)48-22-25-11-10-14-31(43)30(25)24-48/h2,10-11,14,16-17,19,26,28-29,32,34,44H,1,3-9,12-13,15,18,20-24H2,(H,45,53)(H,46,50)(H,47,52)/t26-,29-,32+,34+,41-/m1/s1. The summed E-state index contributed by atoms with van der Waals surface area (Å²) >= 11 is 0. The Morgan fingerprint density at radius 3 is 2.42 bits per heavy atom. The molecule has 318 valence electrons. The zero-order valence-electron chi connectivity index (χ0n) is 32.7. The molecule has 2 aromatic rings. The molecule has 59 heavy (non-hydrogen) atoms. The highest BCUT2D eigenvalue weighted by Gasteiger charge is 2.61. The van der Waals surface area contributed by atoms with Gasteiger partial charge in [0.15, 0.2) is 0 Å². The number of hydrogen-bond donors (Lipinski definition) is 4. The van der Waals surface area contributed by atoms with Crippen LogP contribution in [0.4, 0.5) is 24.1 Å². The first kappa shape index (κ1) is 41.9. The highest BCUT2D eigenvalue weighted by molar-refractivity contribution is 7.90. The zero-order valence-corrected chi connectivity index (χ0v) is 33.5. The average Bonchev–Trinajstić information content (AvgIpc) is 3.59. The van der Waals surface area contributed by atoms with Crippen molar-refractivity contribution >= 4 is 45.6 Å². The predicted octanol–water partition coefficient (Wildman–Crippen LogP) is 4.76. The van der Waals surface area contributed by atoms with E-state index in [1.165, 1.54) is 21.9 Å². The molecule has 0 bridgehead atoms. The summed E-state index contributed by atoms with van der Waals surface area (Å²) in [4.78, 5) is 71.7. The fourth-order valence-electron chi connectivity index (χ4n) is 8.60. The summed E-state index contributed by atoms with van der Waals surface area (Å²) in [5, 5.41) is 8.39. The molecule has 5 amide bonds. The van der Waals surface area contributed by atoms with Crippen molar-refractivity contribution in [3.63, 3.8) is 0 Å². The molecule has 18 heteroatoms.